The quantitative estimate of drug-likeness (QED) is 0.788. The molecular formula is C16H27NS. The van der Waals surface area contributed by atoms with Gasteiger partial charge in [0.05, 0.1) is 5.03 Å². The Labute approximate surface area is 116 Å². The molecule has 2 bridgehead atoms. The molecule has 0 aromatic heterocycles. The molecule has 102 valence electrons. The maximum atomic E-state index is 6.16. The second-order valence-corrected chi connectivity index (χ2v) is 7.84. The Balaban J connectivity index is 1.42. The molecule has 2 atom stereocenters. The maximum absolute atomic E-state index is 6.16. The third kappa shape index (κ3) is 2.89. The SMILES string of the molecule is NC1=C2CCC(C2)C(CCCC2CCCCC2)S1. The van der Waals surface area contributed by atoms with Crippen molar-refractivity contribution in [2.75, 3.05) is 0 Å². The summed E-state index contributed by atoms with van der Waals surface area (Å²) < 4.78 is 0. The lowest BCUT2D eigenvalue weighted by Crippen LogP contribution is -2.20. The Bertz CT molecular complexity index is 317. The Morgan fingerprint density at radius 1 is 1.06 bits per heavy atom. The van der Waals surface area contributed by atoms with Crippen LogP contribution >= 0.6 is 11.8 Å². The van der Waals surface area contributed by atoms with E-state index in [9.17, 15) is 0 Å². The van der Waals surface area contributed by atoms with Crippen molar-refractivity contribution in [2.45, 2.75) is 75.9 Å². The van der Waals surface area contributed by atoms with Crippen LogP contribution in [0.1, 0.15) is 70.6 Å². The van der Waals surface area contributed by atoms with E-state index in [4.69, 9.17) is 5.73 Å². The molecule has 3 rings (SSSR count). The van der Waals surface area contributed by atoms with Crippen molar-refractivity contribution < 1.29 is 0 Å². The zero-order valence-corrected chi connectivity index (χ0v) is 12.3. The molecule has 2 fully saturated rings. The third-order valence-corrected chi connectivity index (χ3v) is 6.77. The largest absolute Gasteiger partial charge is 0.394 e. The van der Waals surface area contributed by atoms with Crippen LogP contribution in [0.4, 0.5) is 0 Å². The van der Waals surface area contributed by atoms with Gasteiger partial charge in [-0.2, -0.15) is 0 Å². The molecule has 18 heavy (non-hydrogen) atoms. The van der Waals surface area contributed by atoms with Crippen LogP contribution in [-0.4, -0.2) is 5.25 Å². The molecule has 2 unspecified atom stereocenters. The van der Waals surface area contributed by atoms with E-state index in [-0.39, 0.29) is 0 Å². The monoisotopic (exact) mass is 265 g/mol. The number of nitrogens with two attached hydrogens (primary N) is 1. The number of thioether (sulfide) groups is 1. The minimum atomic E-state index is 0.847. The molecule has 2 N–H and O–H groups in total. The van der Waals surface area contributed by atoms with E-state index in [1.165, 1.54) is 75.7 Å². The molecule has 1 nitrogen and oxygen atoms in total. The van der Waals surface area contributed by atoms with Gasteiger partial charge in [0.25, 0.3) is 0 Å². The predicted octanol–water partition coefficient (Wildman–Crippen LogP) is 4.82. The van der Waals surface area contributed by atoms with E-state index in [0.717, 1.165) is 17.1 Å². The maximum Gasteiger partial charge on any atom is 0.0649 e. The van der Waals surface area contributed by atoms with Crippen LogP contribution in [0.15, 0.2) is 10.6 Å². The number of hydrogen-bond acceptors (Lipinski definition) is 2. The first kappa shape index (κ1) is 12.9. The predicted molar refractivity (Wildman–Crippen MR) is 80.4 cm³/mol. The first-order chi connectivity index (χ1) is 8.83. The number of hydrogen-bond donors (Lipinski definition) is 1. The van der Waals surface area contributed by atoms with Crippen LogP contribution in [0.5, 0.6) is 0 Å². The molecule has 2 aliphatic carbocycles. The summed E-state index contributed by atoms with van der Waals surface area (Å²) in [5.41, 5.74) is 7.74. The van der Waals surface area contributed by atoms with Gasteiger partial charge < -0.3 is 5.73 Å². The van der Waals surface area contributed by atoms with Gasteiger partial charge in [0.15, 0.2) is 0 Å². The highest BCUT2D eigenvalue weighted by Gasteiger charge is 2.34. The highest BCUT2D eigenvalue weighted by Crippen LogP contribution is 2.48. The zero-order chi connectivity index (χ0) is 12.4. The summed E-state index contributed by atoms with van der Waals surface area (Å²) in [6.07, 6.45) is 15.9. The smallest absolute Gasteiger partial charge is 0.0649 e. The van der Waals surface area contributed by atoms with Gasteiger partial charge >= 0.3 is 0 Å². The van der Waals surface area contributed by atoms with Crippen LogP contribution in [0, 0.1) is 11.8 Å². The minimum absolute atomic E-state index is 0.847. The summed E-state index contributed by atoms with van der Waals surface area (Å²) in [4.78, 5) is 0. The van der Waals surface area contributed by atoms with Gasteiger partial charge in [0.2, 0.25) is 0 Å². The normalized spacial score (nSPS) is 33.1. The Hall–Kier alpha value is -0.110. The second kappa shape index (κ2) is 5.90. The minimum Gasteiger partial charge on any atom is -0.394 e. The summed E-state index contributed by atoms with van der Waals surface area (Å²) in [5.74, 6) is 2.02. The molecule has 2 heteroatoms. The summed E-state index contributed by atoms with van der Waals surface area (Å²) in [6, 6.07) is 0. The fourth-order valence-electron chi connectivity index (χ4n) is 4.14. The third-order valence-electron chi connectivity index (χ3n) is 5.30. The van der Waals surface area contributed by atoms with Crippen molar-refractivity contribution in [2.24, 2.45) is 17.6 Å². The first-order valence-electron chi connectivity index (χ1n) is 7.97. The fourth-order valence-corrected chi connectivity index (χ4v) is 5.53. The van der Waals surface area contributed by atoms with E-state index in [1.807, 2.05) is 11.8 Å². The Kier molecular flexibility index (Phi) is 4.23. The van der Waals surface area contributed by atoms with Crippen LogP contribution in [0.3, 0.4) is 0 Å². The summed E-state index contributed by atoms with van der Waals surface area (Å²) in [7, 11) is 0. The summed E-state index contributed by atoms with van der Waals surface area (Å²) in [6.45, 7) is 0. The van der Waals surface area contributed by atoms with E-state index in [0.29, 0.717) is 0 Å². The Morgan fingerprint density at radius 2 is 1.89 bits per heavy atom. The average Bonchev–Trinajstić information content (AvgIpc) is 2.83. The van der Waals surface area contributed by atoms with Crippen molar-refractivity contribution in [3.05, 3.63) is 10.6 Å². The molecule has 0 radical (unpaired) electrons. The van der Waals surface area contributed by atoms with Gasteiger partial charge in [-0.15, -0.1) is 11.8 Å². The van der Waals surface area contributed by atoms with Crippen molar-refractivity contribution in [3.8, 4) is 0 Å². The van der Waals surface area contributed by atoms with Crippen LogP contribution in [0.25, 0.3) is 0 Å². The van der Waals surface area contributed by atoms with Crippen molar-refractivity contribution in [1.29, 1.82) is 0 Å². The zero-order valence-electron chi connectivity index (χ0n) is 11.5. The summed E-state index contributed by atoms with van der Waals surface area (Å²) in [5, 5.41) is 2.03. The second-order valence-electron chi connectivity index (χ2n) is 6.56. The van der Waals surface area contributed by atoms with Gasteiger partial charge in [-0.3, -0.25) is 0 Å². The lowest BCUT2D eigenvalue weighted by Gasteiger charge is -2.28. The number of allylic oxidation sites excluding steroid dienone is 1. The summed E-state index contributed by atoms with van der Waals surface area (Å²) >= 11 is 2.01. The highest BCUT2D eigenvalue weighted by molar-refractivity contribution is 8.03. The first-order valence-corrected chi connectivity index (χ1v) is 8.85. The van der Waals surface area contributed by atoms with Gasteiger partial charge in [0, 0.05) is 5.25 Å². The van der Waals surface area contributed by atoms with Gasteiger partial charge in [-0.1, -0.05) is 44.9 Å². The molecule has 2 saturated carbocycles. The fraction of sp³-hybridized carbons (Fsp3) is 0.875. The lowest BCUT2D eigenvalue weighted by molar-refractivity contribution is 0.325. The van der Waals surface area contributed by atoms with Gasteiger partial charge in [-0.25, -0.2) is 0 Å². The molecule has 0 spiro atoms. The van der Waals surface area contributed by atoms with Crippen LogP contribution in [0.2, 0.25) is 0 Å². The molecule has 0 saturated heterocycles. The molecule has 1 aliphatic heterocycles. The molecule has 0 amide bonds. The van der Waals surface area contributed by atoms with Crippen LogP contribution in [-0.2, 0) is 0 Å². The lowest BCUT2D eigenvalue weighted by atomic mass is 9.85. The topological polar surface area (TPSA) is 26.0 Å². The van der Waals surface area contributed by atoms with E-state index in [1.54, 1.807) is 5.57 Å². The van der Waals surface area contributed by atoms with Gasteiger partial charge in [-0.05, 0) is 43.1 Å². The Morgan fingerprint density at radius 3 is 2.72 bits per heavy atom. The molecule has 3 aliphatic rings. The van der Waals surface area contributed by atoms with E-state index in [2.05, 4.69) is 0 Å². The number of rotatable bonds is 4. The van der Waals surface area contributed by atoms with E-state index >= 15 is 0 Å². The average molecular weight is 265 g/mol. The number of fused-ring (bicyclic) bond motifs is 2. The van der Waals surface area contributed by atoms with Crippen molar-refractivity contribution >= 4 is 11.8 Å². The molecule has 1 heterocycles. The standard InChI is InChI=1S/C16H27NS/c17-16-14-10-9-13(11-14)15(18-16)8-4-7-12-5-2-1-3-6-12/h12-13,15H,1-11,17H2. The molecule has 0 aromatic carbocycles. The van der Waals surface area contributed by atoms with Gasteiger partial charge in [0.1, 0.15) is 0 Å². The van der Waals surface area contributed by atoms with Crippen molar-refractivity contribution in [3.63, 3.8) is 0 Å². The highest BCUT2D eigenvalue weighted by atomic mass is 32.2. The van der Waals surface area contributed by atoms with Crippen LogP contribution < -0.4 is 5.73 Å². The van der Waals surface area contributed by atoms with E-state index < -0.39 is 0 Å². The van der Waals surface area contributed by atoms with Crippen molar-refractivity contribution in [1.82, 2.24) is 0 Å². The molecule has 0 aromatic rings. The molecular weight excluding hydrogens is 238 g/mol.